The Labute approximate surface area is 125 Å². The van der Waals surface area contributed by atoms with Crippen LogP contribution in [0.4, 0.5) is 10.9 Å². The minimum atomic E-state index is 0.827. The lowest BCUT2D eigenvalue weighted by Gasteiger charge is -2.04. The summed E-state index contributed by atoms with van der Waals surface area (Å²) < 4.78 is 0. The second kappa shape index (κ2) is 5.72. The van der Waals surface area contributed by atoms with Gasteiger partial charge in [0.25, 0.3) is 0 Å². The van der Waals surface area contributed by atoms with Crippen LogP contribution in [0.25, 0.3) is 10.2 Å². The number of fused-ring (bicyclic) bond motifs is 1. The van der Waals surface area contributed by atoms with Gasteiger partial charge in [-0.3, -0.25) is 0 Å². The van der Waals surface area contributed by atoms with E-state index in [1.807, 2.05) is 25.7 Å². The highest BCUT2D eigenvalue weighted by atomic mass is 32.1. The summed E-state index contributed by atoms with van der Waals surface area (Å²) in [5.74, 6) is 1.79. The second-order valence-corrected chi connectivity index (χ2v) is 6.27. The molecule has 0 bridgehead atoms. The average molecular weight is 305 g/mol. The highest BCUT2D eigenvalue weighted by Gasteiger charge is 2.08. The predicted molar refractivity (Wildman–Crippen MR) is 86.0 cm³/mol. The largest absolute Gasteiger partial charge is 0.372 e. The fourth-order valence-corrected chi connectivity index (χ4v) is 3.52. The number of nitrogens with one attached hydrogen (secondary N) is 2. The quantitative estimate of drug-likeness (QED) is 0.758. The Kier molecular flexibility index (Phi) is 3.79. The lowest BCUT2D eigenvalue weighted by atomic mass is 10.2. The van der Waals surface area contributed by atoms with Crippen LogP contribution < -0.4 is 10.6 Å². The third-order valence-electron chi connectivity index (χ3n) is 2.97. The van der Waals surface area contributed by atoms with E-state index in [-0.39, 0.29) is 0 Å². The van der Waals surface area contributed by atoms with Gasteiger partial charge in [0.2, 0.25) is 0 Å². The summed E-state index contributed by atoms with van der Waals surface area (Å²) in [6.07, 6.45) is 3.66. The third-order valence-corrected chi connectivity index (χ3v) is 4.85. The van der Waals surface area contributed by atoms with E-state index in [0.717, 1.165) is 39.8 Å². The van der Waals surface area contributed by atoms with Crippen LogP contribution in [-0.2, 0) is 12.8 Å². The number of thiophene rings is 1. The molecular formula is C13H15N5S2. The lowest BCUT2D eigenvalue weighted by molar-refractivity contribution is 0.882. The summed E-state index contributed by atoms with van der Waals surface area (Å²) in [5.41, 5.74) is 0. The normalized spacial score (nSPS) is 10.9. The van der Waals surface area contributed by atoms with Gasteiger partial charge in [-0.15, -0.1) is 22.7 Å². The molecule has 0 aliphatic carbocycles. The molecule has 0 aliphatic heterocycles. The van der Waals surface area contributed by atoms with Crippen molar-refractivity contribution in [1.29, 1.82) is 0 Å². The van der Waals surface area contributed by atoms with Gasteiger partial charge in [-0.05, 0) is 17.9 Å². The second-order valence-electron chi connectivity index (χ2n) is 4.26. The Balaban J connectivity index is 1.79. The molecule has 104 valence electrons. The first-order chi connectivity index (χ1) is 9.80. The molecule has 0 aliphatic rings. The highest BCUT2D eigenvalue weighted by Crippen LogP contribution is 2.25. The number of nitrogens with zero attached hydrogens (tertiary/aromatic N) is 3. The van der Waals surface area contributed by atoms with Crippen molar-refractivity contribution in [3.05, 3.63) is 28.3 Å². The van der Waals surface area contributed by atoms with Crippen LogP contribution in [0.2, 0.25) is 0 Å². The van der Waals surface area contributed by atoms with Crippen molar-refractivity contribution >= 4 is 43.8 Å². The minimum absolute atomic E-state index is 0.827. The van der Waals surface area contributed by atoms with Crippen molar-refractivity contribution in [3.8, 4) is 0 Å². The number of anilines is 2. The Hall–Kier alpha value is -1.73. The predicted octanol–water partition coefficient (Wildman–Crippen LogP) is 3.02. The van der Waals surface area contributed by atoms with Gasteiger partial charge in [0, 0.05) is 31.6 Å². The van der Waals surface area contributed by atoms with Crippen molar-refractivity contribution < 1.29 is 0 Å². The first-order valence-electron chi connectivity index (χ1n) is 6.34. The fraction of sp³-hybridized carbons (Fsp3) is 0.308. The average Bonchev–Trinajstić information content (AvgIpc) is 3.12. The molecule has 0 aromatic carbocycles. The molecule has 0 saturated heterocycles. The molecule has 0 radical (unpaired) electrons. The number of aromatic nitrogens is 3. The monoisotopic (exact) mass is 305 g/mol. The minimum Gasteiger partial charge on any atom is -0.372 e. The zero-order valence-corrected chi connectivity index (χ0v) is 12.9. The summed E-state index contributed by atoms with van der Waals surface area (Å²) in [6, 6.07) is 2.05. The molecule has 7 heteroatoms. The van der Waals surface area contributed by atoms with E-state index in [9.17, 15) is 0 Å². The van der Waals surface area contributed by atoms with Crippen molar-refractivity contribution in [2.24, 2.45) is 0 Å². The molecule has 0 amide bonds. The van der Waals surface area contributed by atoms with E-state index >= 15 is 0 Å². The first-order valence-corrected chi connectivity index (χ1v) is 8.04. The molecule has 0 atom stereocenters. The van der Waals surface area contributed by atoms with Crippen LogP contribution in [0.5, 0.6) is 0 Å². The molecular weight excluding hydrogens is 290 g/mol. The van der Waals surface area contributed by atoms with Crippen LogP contribution in [-0.4, -0.2) is 29.0 Å². The smallest absolute Gasteiger partial charge is 0.182 e. The lowest BCUT2D eigenvalue weighted by Crippen LogP contribution is -2.01. The van der Waals surface area contributed by atoms with Gasteiger partial charge in [0.1, 0.15) is 16.5 Å². The van der Waals surface area contributed by atoms with Gasteiger partial charge < -0.3 is 10.6 Å². The molecule has 0 spiro atoms. The summed E-state index contributed by atoms with van der Waals surface area (Å²) in [7, 11) is 3.78. The fourth-order valence-electron chi connectivity index (χ4n) is 1.98. The Bertz CT molecular complexity index is 718. The number of hydrogen-bond acceptors (Lipinski definition) is 7. The summed E-state index contributed by atoms with van der Waals surface area (Å²) in [5, 5.41) is 10.3. The van der Waals surface area contributed by atoms with Gasteiger partial charge in [-0.1, -0.05) is 0 Å². The number of aryl methyl sites for hydroxylation is 2. The summed E-state index contributed by atoms with van der Waals surface area (Å²) >= 11 is 3.33. The van der Waals surface area contributed by atoms with E-state index in [1.54, 1.807) is 22.7 Å². The molecule has 0 unspecified atom stereocenters. The van der Waals surface area contributed by atoms with Gasteiger partial charge >= 0.3 is 0 Å². The zero-order valence-electron chi connectivity index (χ0n) is 11.3. The van der Waals surface area contributed by atoms with Crippen LogP contribution in [0.15, 0.2) is 17.6 Å². The first kappa shape index (κ1) is 13.3. The van der Waals surface area contributed by atoms with Crippen LogP contribution in [0.3, 0.4) is 0 Å². The van der Waals surface area contributed by atoms with Gasteiger partial charge in [0.05, 0.1) is 5.39 Å². The van der Waals surface area contributed by atoms with Gasteiger partial charge in [-0.2, -0.15) is 0 Å². The molecule has 3 aromatic rings. The van der Waals surface area contributed by atoms with Crippen molar-refractivity contribution in [3.63, 3.8) is 0 Å². The third kappa shape index (κ3) is 2.59. The van der Waals surface area contributed by atoms with E-state index in [0.29, 0.717) is 0 Å². The number of thiazole rings is 1. The molecule has 2 N–H and O–H groups in total. The van der Waals surface area contributed by atoms with Crippen molar-refractivity contribution in [2.75, 3.05) is 24.7 Å². The Morgan fingerprint density at radius 2 is 2.05 bits per heavy atom. The van der Waals surface area contributed by atoms with E-state index in [1.165, 1.54) is 4.88 Å². The maximum atomic E-state index is 4.62. The van der Waals surface area contributed by atoms with Crippen molar-refractivity contribution in [2.45, 2.75) is 12.8 Å². The van der Waals surface area contributed by atoms with Crippen molar-refractivity contribution in [1.82, 2.24) is 15.0 Å². The molecule has 20 heavy (non-hydrogen) atoms. The van der Waals surface area contributed by atoms with Crippen LogP contribution in [0.1, 0.15) is 10.7 Å². The highest BCUT2D eigenvalue weighted by molar-refractivity contribution is 7.16. The number of rotatable bonds is 5. The van der Waals surface area contributed by atoms with E-state index in [2.05, 4.69) is 31.7 Å². The van der Waals surface area contributed by atoms with Gasteiger partial charge in [-0.25, -0.2) is 15.0 Å². The Morgan fingerprint density at radius 3 is 2.80 bits per heavy atom. The van der Waals surface area contributed by atoms with Crippen LogP contribution >= 0.6 is 22.7 Å². The van der Waals surface area contributed by atoms with Crippen LogP contribution in [0, 0.1) is 0 Å². The molecule has 0 saturated carbocycles. The SMILES string of the molecule is CNc1ncc(CCc2nc(NC)c3ccsc3n2)s1. The molecule has 3 rings (SSSR count). The molecule has 0 fully saturated rings. The molecule has 3 heterocycles. The van der Waals surface area contributed by atoms with E-state index < -0.39 is 0 Å². The summed E-state index contributed by atoms with van der Waals surface area (Å²) in [6.45, 7) is 0. The maximum Gasteiger partial charge on any atom is 0.182 e. The molecule has 3 aromatic heterocycles. The Morgan fingerprint density at radius 1 is 1.15 bits per heavy atom. The topological polar surface area (TPSA) is 62.7 Å². The standard InChI is InChI=1S/C13H15N5S2/c1-14-11-9-5-6-19-12(9)18-10(17-11)4-3-8-7-16-13(15-2)20-8/h5-7H,3-4H2,1-2H3,(H,15,16)(H,14,17,18). The van der Waals surface area contributed by atoms with Gasteiger partial charge in [0.15, 0.2) is 5.13 Å². The zero-order chi connectivity index (χ0) is 13.9. The number of hydrogen-bond donors (Lipinski definition) is 2. The maximum absolute atomic E-state index is 4.62. The van der Waals surface area contributed by atoms with E-state index in [4.69, 9.17) is 0 Å². The summed E-state index contributed by atoms with van der Waals surface area (Å²) in [4.78, 5) is 15.8. The molecule has 5 nitrogen and oxygen atoms in total.